The van der Waals surface area contributed by atoms with Crippen LogP contribution in [0.4, 0.5) is 0 Å². The van der Waals surface area contributed by atoms with Crippen LogP contribution < -0.4 is 0 Å². The molecule has 0 spiro atoms. The van der Waals surface area contributed by atoms with E-state index in [0.717, 1.165) is 44.5 Å². The molecule has 3 heterocycles. The molecule has 39 heavy (non-hydrogen) atoms. The molecule has 5 aromatic carbocycles. The second-order valence-electron chi connectivity index (χ2n) is 9.66. The number of aromatic nitrogens is 3. The number of thiophene rings is 1. The third-order valence-corrected chi connectivity index (χ3v) is 8.40. The third kappa shape index (κ3) is 3.69. The molecular weight excluding hydrogens is 494 g/mol. The van der Waals surface area contributed by atoms with Gasteiger partial charge >= 0.3 is 0 Å². The van der Waals surface area contributed by atoms with Crippen molar-refractivity contribution >= 4 is 53.2 Å². The van der Waals surface area contributed by atoms with Crippen LogP contribution in [0.2, 0.25) is 0 Å². The van der Waals surface area contributed by atoms with Crippen LogP contribution in [0.1, 0.15) is 0 Å². The normalized spacial score (nSPS) is 11.6. The van der Waals surface area contributed by atoms with Crippen molar-refractivity contribution in [1.29, 1.82) is 0 Å². The second kappa shape index (κ2) is 8.83. The Hall–Kier alpha value is -4.93. The molecule has 3 aromatic heterocycles. The average molecular weight is 516 g/mol. The number of hydrogen-bond donors (Lipinski definition) is 0. The van der Waals surface area contributed by atoms with E-state index in [2.05, 4.69) is 91.0 Å². The standard InChI is InChI=1S/C35H21N3S/c1-3-11-22(12-4-1)29-20-31(38-35(37-29)23-13-5-2-6-14-23)34-26-17-8-7-15-24(26)27-19-28-25-16-9-10-18-32(25)39-33(28)21-30(27)36-34/h1-21H. The smallest absolute Gasteiger partial charge is 0.160 e. The van der Waals surface area contributed by atoms with Crippen molar-refractivity contribution in [2.45, 2.75) is 0 Å². The summed E-state index contributed by atoms with van der Waals surface area (Å²) in [6.45, 7) is 0. The highest BCUT2D eigenvalue weighted by molar-refractivity contribution is 7.25. The summed E-state index contributed by atoms with van der Waals surface area (Å²) in [5.41, 5.74) is 5.57. The van der Waals surface area contributed by atoms with Crippen LogP contribution in [0, 0.1) is 0 Å². The Morgan fingerprint density at radius 3 is 1.85 bits per heavy atom. The van der Waals surface area contributed by atoms with Crippen molar-refractivity contribution in [3.05, 3.63) is 127 Å². The first-order valence-electron chi connectivity index (χ1n) is 13.0. The van der Waals surface area contributed by atoms with Gasteiger partial charge in [0.2, 0.25) is 0 Å². The maximum Gasteiger partial charge on any atom is 0.160 e. The Bertz CT molecular complexity index is 2110. The van der Waals surface area contributed by atoms with Gasteiger partial charge in [0.1, 0.15) is 0 Å². The average Bonchev–Trinajstić information content (AvgIpc) is 3.38. The zero-order valence-electron chi connectivity index (χ0n) is 20.9. The highest BCUT2D eigenvalue weighted by Crippen LogP contribution is 2.40. The van der Waals surface area contributed by atoms with E-state index in [1.165, 1.54) is 25.6 Å². The van der Waals surface area contributed by atoms with Gasteiger partial charge in [0.15, 0.2) is 5.82 Å². The van der Waals surface area contributed by atoms with E-state index in [0.29, 0.717) is 5.82 Å². The first-order chi connectivity index (χ1) is 19.3. The van der Waals surface area contributed by atoms with Gasteiger partial charge in [-0.15, -0.1) is 11.3 Å². The highest BCUT2D eigenvalue weighted by Gasteiger charge is 2.17. The molecule has 4 heteroatoms. The molecule has 3 nitrogen and oxygen atoms in total. The van der Waals surface area contributed by atoms with E-state index in [1.54, 1.807) is 0 Å². The lowest BCUT2D eigenvalue weighted by Crippen LogP contribution is -1.98. The minimum Gasteiger partial charge on any atom is -0.245 e. The van der Waals surface area contributed by atoms with Gasteiger partial charge in [0, 0.05) is 42.1 Å². The van der Waals surface area contributed by atoms with Gasteiger partial charge in [-0.25, -0.2) is 15.0 Å². The molecule has 0 saturated carbocycles. The summed E-state index contributed by atoms with van der Waals surface area (Å²) in [4.78, 5) is 15.3. The number of fused-ring (bicyclic) bond motifs is 6. The SMILES string of the molecule is c1ccc(-c2cc(-c3nc4cc5sc6ccccc6c5cc4c4ccccc34)nc(-c3ccccc3)n2)cc1. The fourth-order valence-corrected chi connectivity index (χ4v) is 6.53. The molecule has 0 amide bonds. The van der Waals surface area contributed by atoms with Gasteiger partial charge in [-0.2, -0.15) is 0 Å². The molecule has 0 fully saturated rings. The van der Waals surface area contributed by atoms with Crippen molar-refractivity contribution in [2.24, 2.45) is 0 Å². The number of rotatable bonds is 3. The Morgan fingerprint density at radius 1 is 0.410 bits per heavy atom. The summed E-state index contributed by atoms with van der Waals surface area (Å²) in [5, 5.41) is 5.99. The fourth-order valence-electron chi connectivity index (χ4n) is 5.41. The van der Waals surface area contributed by atoms with Crippen molar-refractivity contribution in [1.82, 2.24) is 15.0 Å². The number of nitrogens with zero attached hydrogens (tertiary/aromatic N) is 3. The number of benzene rings is 5. The molecule has 0 bridgehead atoms. The molecule has 0 aliphatic heterocycles. The molecule has 0 aliphatic rings. The molecule has 0 N–H and O–H groups in total. The van der Waals surface area contributed by atoms with E-state index < -0.39 is 0 Å². The highest BCUT2D eigenvalue weighted by atomic mass is 32.1. The zero-order valence-corrected chi connectivity index (χ0v) is 21.7. The molecule has 8 rings (SSSR count). The predicted octanol–water partition coefficient (Wildman–Crippen LogP) is 9.55. The minimum atomic E-state index is 0.692. The molecule has 8 aromatic rings. The van der Waals surface area contributed by atoms with Crippen LogP contribution in [-0.4, -0.2) is 15.0 Å². The van der Waals surface area contributed by atoms with Gasteiger partial charge in [-0.3, -0.25) is 0 Å². The Kier molecular flexibility index (Phi) is 5.00. The Labute approximate surface area is 229 Å². The quantitative estimate of drug-likeness (QED) is 0.220. The topological polar surface area (TPSA) is 38.7 Å². The Balaban J connectivity index is 1.44. The van der Waals surface area contributed by atoms with Crippen LogP contribution in [0.5, 0.6) is 0 Å². The van der Waals surface area contributed by atoms with E-state index >= 15 is 0 Å². The lowest BCUT2D eigenvalue weighted by molar-refractivity contribution is 1.17. The maximum absolute atomic E-state index is 5.28. The van der Waals surface area contributed by atoms with Crippen molar-refractivity contribution in [2.75, 3.05) is 0 Å². The summed E-state index contributed by atoms with van der Waals surface area (Å²) in [5.74, 6) is 0.692. The van der Waals surface area contributed by atoms with Gasteiger partial charge in [-0.05, 0) is 29.7 Å². The van der Waals surface area contributed by atoms with E-state index in [4.69, 9.17) is 15.0 Å². The molecule has 0 aliphatic carbocycles. The third-order valence-electron chi connectivity index (χ3n) is 7.27. The van der Waals surface area contributed by atoms with Crippen LogP contribution in [-0.2, 0) is 0 Å². The molecule has 182 valence electrons. The fraction of sp³-hybridized carbons (Fsp3) is 0. The first kappa shape index (κ1) is 22.1. The minimum absolute atomic E-state index is 0.692. The molecule has 0 radical (unpaired) electrons. The lowest BCUT2D eigenvalue weighted by atomic mass is 10.00. The molecule has 0 unspecified atom stereocenters. The van der Waals surface area contributed by atoms with Gasteiger partial charge < -0.3 is 0 Å². The molecule has 0 atom stereocenters. The van der Waals surface area contributed by atoms with Crippen molar-refractivity contribution < 1.29 is 0 Å². The second-order valence-corrected chi connectivity index (χ2v) is 10.7. The zero-order chi connectivity index (χ0) is 25.8. The first-order valence-corrected chi connectivity index (χ1v) is 13.8. The monoisotopic (exact) mass is 515 g/mol. The maximum atomic E-state index is 5.28. The summed E-state index contributed by atoms with van der Waals surface area (Å²) in [6, 6.07) is 44.2. The molecular formula is C35H21N3S. The Morgan fingerprint density at radius 2 is 1.05 bits per heavy atom. The van der Waals surface area contributed by atoms with Crippen LogP contribution in [0.15, 0.2) is 127 Å². The van der Waals surface area contributed by atoms with E-state index in [9.17, 15) is 0 Å². The number of pyridine rings is 1. The summed E-state index contributed by atoms with van der Waals surface area (Å²) < 4.78 is 2.54. The van der Waals surface area contributed by atoms with E-state index in [-0.39, 0.29) is 0 Å². The van der Waals surface area contributed by atoms with E-state index in [1.807, 2.05) is 47.7 Å². The van der Waals surface area contributed by atoms with Crippen LogP contribution in [0.25, 0.3) is 75.9 Å². The van der Waals surface area contributed by atoms with Crippen molar-refractivity contribution in [3.8, 4) is 34.0 Å². The van der Waals surface area contributed by atoms with Crippen molar-refractivity contribution in [3.63, 3.8) is 0 Å². The predicted molar refractivity (Wildman–Crippen MR) is 164 cm³/mol. The van der Waals surface area contributed by atoms with Gasteiger partial charge in [0.25, 0.3) is 0 Å². The number of hydrogen-bond acceptors (Lipinski definition) is 4. The summed E-state index contributed by atoms with van der Waals surface area (Å²) in [7, 11) is 0. The van der Waals surface area contributed by atoms with Crippen LogP contribution in [0.3, 0.4) is 0 Å². The van der Waals surface area contributed by atoms with Gasteiger partial charge in [-0.1, -0.05) is 103 Å². The molecule has 0 saturated heterocycles. The largest absolute Gasteiger partial charge is 0.245 e. The van der Waals surface area contributed by atoms with Gasteiger partial charge in [0.05, 0.1) is 22.6 Å². The lowest BCUT2D eigenvalue weighted by Gasteiger charge is -2.12. The van der Waals surface area contributed by atoms with Crippen LogP contribution >= 0.6 is 11.3 Å². The summed E-state index contributed by atoms with van der Waals surface area (Å²) in [6.07, 6.45) is 0. The summed E-state index contributed by atoms with van der Waals surface area (Å²) >= 11 is 1.82.